The molecule has 0 unspecified atom stereocenters. The second-order valence-electron chi connectivity index (χ2n) is 3.80. The van der Waals surface area contributed by atoms with Crippen LogP contribution in [0, 0.1) is 6.92 Å². The molecule has 1 heterocycles. The highest BCUT2D eigenvalue weighted by atomic mass is 16.5. The molecule has 0 aliphatic heterocycles. The van der Waals surface area contributed by atoms with Crippen molar-refractivity contribution in [3.05, 3.63) is 28.7 Å². The number of carbonyl (C=O) groups excluding carboxylic acids is 1. The maximum atomic E-state index is 12.0. The van der Waals surface area contributed by atoms with Crippen LogP contribution < -0.4 is 5.73 Å². The first-order valence-corrected chi connectivity index (χ1v) is 5.76. The molecule has 0 bridgehead atoms. The molecule has 0 aliphatic carbocycles. The van der Waals surface area contributed by atoms with Crippen LogP contribution in [-0.4, -0.2) is 23.9 Å². The predicted molar refractivity (Wildman–Crippen MR) is 72.6 cm³/mol. The molecular weight excluding hydrogens is 230 g/mol. The molecule has 1 aromatic rings. The number of rotatable bonds is 5. The average molecular weight is 249 g/mol. The third kappa shape index (κ3) is 2.51. The summed E-state index contributed by atoms with van der Waals surface area (Å²) in [6.45, 7) is 7.69. The van der Waals surface area contributed by atoms with Gasteiger partial charge in [0.15, 0.2) is 0 Å². The Bertz CT molecular complexity index is 487. The summed E-state index contributed by atoms with van der Waals surface area (Å²) in [4.78, 5) is 15.7. The molecule has 2 N–H and O–H groups in total. The largest absolute Gasteiger partial charge is 0.462 e. The standard InChI is InChI=1S/C13H19N3O2/c1-5-18-13(17)12-10(6-7-15-3)9(2)16(4)11(12)8-14/h6-7H,3,5,8,14H2,1-2,4H3/b7-6-. The second-order valence-corrected chi connectivity index (χ2v) is 3.80. The molecule has 5 heteroatoms. The molecule has 0 atom stereocenters. The van der Waals surface area contributed by atoms with Gasteiger partial charge < -0.3 is 15.0 Å². The van der Waals surface area contributed by atoms with Crippen LogP contribution >= 0.6 is 0 Å². The Labute approximate surface area is 107 Å². The van der Waals surface area contributed by atoms with Crippen LogP contribution in [0.1, 0.15) is 34.2 Å². The zero-order valence-corrected chi connectivity index (χ0v) is 11.1. The summed E-state index contributed by atoms with van der Waals surface area (Å²) < 4.78 is 6.97. The van der Waals surface area contributed by atoms with Gasteiger partial charge in [-0.15, -0.1) is 0 Å². The van der Waals surface area contributed by atoms with Crippen LogP contribution in [0.4, 0.5) is 0 Å². The normalized spacial score (nSPS) is 10.9. The summed E-state index contributed by atoms with van der Waals surface area (Å²) in [6.07, 6.45) is 3.29. The van der Waals surface area contributed by atoms with Gasteiger partial charge in [-0.1, -0.05) is 0 Å². The van der Waals surface area contributed by atoms with Gasteiger partial charge in [0.05, 0.1) is 12.2 Å². The van der Waals surface area contributed by atoms with Crippen LogP contribution in [0.15, 0.2) is 11.2 Å². The van der Waals surface area contributed by atoms with E-state index >= 15 is 0 Å². The molecular formula is C13H19N3O2. The smallest absolute Gasteiger partial charge is 0.340 e. The summed E-state index contributed by atoms with van der Waals surface area (Å²) in [7, 11) is 1.87. The van der Waals surface area contributed by atoms with E-state index in [1.165, 1.54) is 0 Å². The van der Waals surface area contributed by atoms with E-state index in [1.54, 1.807) is 19.2 Å². The molecule has 98 valence electrons. The zero-order valence-electron chi connectivity index (χ0n) is 11.1. The quantitative estimate of drug-likeness (QED) is 0.637. The molecule has 18 heavy (non-hydrogen) atoms. The molecule has 0 radical (unpaired) electrons. The Kier molecular flexibility index (Phi) is 4.85. The van der Waals surface area contributed by atoms with Crippen LogP contribution in [0.3, 0.4) is 0 Å². The number of aliphatic imine (C=N–C) groups is 1. The van der Waals surface area contributed by atoms with E-state index < -0.39 is 0 Å². The number of aromatic nitrogens is 1. The lowest BCUT2D eigenvalue weighted by Crippen LogP contribution is -2.12. The lowest BCUT2D eigenvalue weighted by atomic mass is 10.1. The number of nitrogens with two attached hydrogens (primary N) is 1. The molecule has 0 spiro atoms. The van der Waals surface area contributed by atoms with E-state index in [4.69, 9.17) is 10.5 Å². The Hall–Kier alpha value is -1.88. The highest BCUT2D eigenvalue weighted by Gasteiger charge is 2.22. The van der Waals surface area contributed by atoms with Crippen molar-refractivity contribution >= 4 is 18.8 Å². The minimum atomic E-state index is -0.356. The third-order valence-corrected chi connectivity index (χ3v) is 2.88. The molecule has 0 saturated carbocycles. The number of nitrogens with zero attached hydrogens (tertiary/aromatic N) is 2. The molecule has 0 amide bonds. The van der Waals surface area contributed by atoms with E-state index in [2.05, 4.69) is 11.7 Å². The molecule has 0 fully saturated rings. The van der Waals surface area contributed by atoms with Gasteiger partial charge >= 0.3 is 5.97 Å². The van der Waals surface area contributed by atoms with Crippen LogP contribution in [-0.2, 0) is 18.3 Å². The van der Waals surface area contributed by atoms with Gasteiger partial charge in [0.1, 0.15) is 0 Å². The SMILES string of the molecule is C=N/C=C\c1c(C(=O)OCC)c(CN)n(C)c1C. The van der Waals surface area contributed by atoms with E-state index in [1.807, 2.05) is 18.5 Å². The summed E-state index contributed by atoms with van der Waals surface area (Å²) in [5, 5.41) is 0. The first-order valence-electron chi connectivity index (χ1n) is 5.76. The molecule has 0 aromatic carbocycles. The number of esters is 1. The fraction of sp³-hybridized carbons (Fsp3) is 0.385. The molecule has 0 saturated heterocycles. The summed E-state index contributed by atoms with van der Waals surface area (Å²) >= 11 is 0. The van der Waals surface area contributed by atoms with Crippen molar-refractivity contribution in [1.82, 2.24) is 4.57 Å². The van der Waals surface area contributed by atoms with Gasteiger partial charge in [-0.2, -0.15) is 0 Å². The Balaban J connectivity index is 3.42. The summed E-state index contributed by atoms with van der Waals surface area (Å²) in [5.41, 5.74) is 8.70. The van der Waals surface area contributed by atoms with E-state index in [0.717, 1.165) is 17.0 Å². The average Bonchev–Trinajstić information content (AvgIpc) is 2.60. The van der Waals surface area contributed by atoms with Gasteiger partial charge in [0, 0.05) is 36.7 Å². The van der Waals surface area contributed by atoms with E-state index in [9.17, 15) is 4.79 Å². The molecule has 5 nitrogen and oxygen atoms in total. The monoisotopic (exact) mass is 249 g/mol. The van der Waals surface area contributed by atoms with Gasteiger partial charge in [-0.25, -0.2) is 4.79 Å². The number of hydrogen-bond donors (Lipinski definition) is 1. The lowest BCUT2D eigenvalue weighted by molar-refractivity contribution is 0.0524. The van der Waals surface area contributed by atoms with Crippen molar-refractivity contribution in [1.29, 1.82) is 0 Å². The maximum absolute atomic E-state index is 12.0. The lowest BCUT2D eigenvalue weighted by Gasteiger charge is -2.05. The molecule has 1 rings (SSSR count). The van der Waals surface area contributed by atoms with Crippen LogP contribution in [0.2, 0.25) is 0 Å². The van der Waals surface area contributed by atoms with Gasteiger partial charge in [0.2, 0.25) is 0 Å². The van der Waals surface area contributed by atoms with Crippen molar-refractivity contribution < 1.29 is 9.53 Å². The summed E-state index contributed by atoms with van der Waals surface area (Å²) in [5.74, 6) is -0.356. The second kappa shape index (κ2) is 6.16. The topological polar surface area (TPSA) is 69.6 Å². The van der Waals surface area contributed by atoms with Crippen molar-refractivity contribution in [2.24, 2.45) is 17.8 Å². The van der Waals surface area contributed by atoms with E-state index in [-0.39, 0.29) is 12.5 Å². The zero-order chi connectivity index (χ0) is 13.7. The van der Waals surface area contributed by atoms with Crippen LogP contribution in [0.5, 0.6) is 0 Å². The molecule has 1 aromatic heterocycles. The fourth-order valence-electron chi connectivity index (χ4n) is 1.89. The van der Waals surface area contributed by atoms with Crippen molar-refractivity contribution in [2.45, 2.75) is 20.4 Å². The number of hydrogen-bond acceptors (Lipinski definition) is 4. The van der Waals surface area contributed by atoms with Crippen LogP contribution in [0.25, 0.3) is 6.08 Å². The maximum Gasteiger partial charge on any atom is 0.340 e. The highest BCUT2D eigenvalue weighted by molar-refractivity contribution is 5.96. The Morgan fingerprint density at radius 1 is 1.61 bits per heavy atom. The van der Waals surface area contributed by atoms with Gasteiger partial charge in [-0.3, -0.25) is 4.99 Å². The van der Waals surface area contributed by atoms with Crippen molar-refractivity contribution in [3.63, 3.8) is 0 Å². The first kappa shape index (κ1) is 14.2. The predicted octanol–water partition coefficient (Wildman–Crippen LogP) is 1.64. The Morgan fingerprint density at radius 2 is 2.28 bits per heavy atom. The minimum Gasteiger partial charge on any atom is -0.462 e. The Morgan fingerprint density at radius 3 is 2.78 bits per heavy atom. The number of ether oxygens (including phenoxy) is 1. The summed E-state index contributed by atoms with van der Waals surface area (Å²) in [6, 6.07) is 0. The van der Waals surface area contributed by atoms with Gasteiger partial charge in [0.25, 0.3) is 0 Å². The van der Waals surface area contributed by atoms with Crippen molar-refractivity contribution in [2.75, 3.05) is 6.61 Å². The molecule has 0 aliphatic rings. The fourth-order valence-corrected chi connectivity index (χ4v) is 1.89. The van der Waals surface area contributed by atoms with Gasteiger partial charge in [-0.05, 0) is 26.6 Å². The minimum absolute atomic E-state index is 0.279. The first-order chi connectivity index (χ1) is 8.58. The van der Waals surface area contributed by atoms with E-state index in [0.29, 0.717) is 12.2 Å². The third-order valence-electron chi connectivity index (χ3n) is 2.88. The number of carbonyl (C=O) groups is 1. The van der Waals surface area contributed by atoms with Crippen molar-refractivity contribution in [3.8, 4) is 0 Å². The highest BCUT2D eigenvalue weighted by Crippen LogP contribution is 2.24.